The zero-order valence-corrected chi connectivity index (χ0v) is 19.4. The number of allylic oxidation sites excluding steroid dienone is 1. The van der Waals surface area contributed by atoms with E-state index < -0.39 is 19.0 Å². The third-order valence-electron chi connectivity index (χ3n) is 5.35. The van der Waals surface area contributed by atoms with E-state index in [0.29, 0.717) is 5.29 Å². The first-order valence-corrected chi connectivity index (χ1v) is 12.1. The second-order valence-corrected chi connectivity index (χ2v) is 10.5. The maximum Gasteiger partial charge on any atom is 0.330 e. The van der Waals surface area contributed by atoms with Gasteiger partial charge >= 0.3 is 5.97 Å². The van der Waals surface area contributed by atoms with Gasteiger partial charge in [-0.05, 0) is 35.8 Å². The van der Waals surface area contributed by atoms with Gasteiger partial charge in [-0.2, -0.15) is 0 Å². The Hall–Kier alpha value is -3.20. The van der Waals surface area contributed by atoms with Gasteiger partial charge in [0.15, 0.2) is 5.78 Å². The van der Waals surface area contributed by atoms with Crippen LogP contribution < -0.4 is 15.9 Å². The van der Waals surface area contributed by atoms with E-state index in [9.17, 15) is 9.59 Å². The Morgan fingerprint density at radius 2 is 1.12 bits per heavy atom. The minimum atomic E-state index is -2.66. The summed E-state index contributed by atoms with van der Waals surface area (Å²) in [4.78, 5) is 25.9. The standard InChI is InChI=1S/C27H27O4P/c1-21(30-2)27(29)25(19-20-26(28)31-3)32(22-13-7-4-8-14-22,23-15-9-5-10-16-23)24-17-11-6-12-18-24/h4-21H,1-3H3/b20-19+/t21-/m1/s1. The molecule has 0 spiro atoms. The Labute approximate surface area is 189 Å². The highest BCUT2D eigenvalue weighted by Gasteiger charge is 2.33. The Morgan fingerprint density at radius 3 is 1.47 bits per heavy atom. The van der Waals surface area contributed by atoms with Crippen molar-refractivity contribution in [3.63, 3.8) is 0 Å². The van der Waals surface area contributed by atoms with Crippen LogP contribution in [0.5, 0.6) is 0 Å². The van der Waals surface area contributed by atoms with E-state index in [4.69, 9.17) is 9.47 Å². The molecule has 0 aliphatic heterocycles. The van der Waals surface area contributed by atoms with Crippen molar-refractivity contribution in [1.82, 2.24) is 0 Å². The molecule has 0 aliphatic rings. The number of esters is 1. The van der Waals surface area contributed by atoms with Gasteiger partial charge in [-0.25, -0.2) is 4.79 Å². The zero-order valence-electron chi connectivity index (χ0n) is 18.5. The SMILES string of the molecule is COC(=O)/C=C/C(C(=O)[C@@H](C)OC)=P(c1ccccc1)(c1ccccc1)c1ccccc1. The Balaban J connectivity index is 2.60. The number of rotatable bonds is 8. The number of carbonyl (C=O) groups excluding carboxylic acids is 2. The lowest BCUT2D eigenvalue weighted by molar-refractivity contribution is -0.134. The summed E-state index contributed by atoms with van der Waals surface area (Å²) in [6, 6.07) is 30.0. The van der Waals surface area contributed by atoms with Crippen molar-refractivity contribution in [1.29, 1.82) is 0 Å². The fourth-order valence-electron chi connectivity index (χ4n) is 3.71. The van der Waals surface area contributed by atoms with Gasteiger partial charge < -0.3 is 9.47 Å². The minimum Gasteiger partial charge on any atom is -0.466 e. The minimum absolute atomic E-state index is 0.169. The molecule has 0 unspecified atom stereocenters. The molecule has 4 nitrogen and oxygen atoms in total. The number of hydrogen-bond acceptors (Lipinski definition) is 4. The maximum absolute atomic E-state index is 13.8. The van der Waals surface area contributed by atoms with Crippen LogP contribution in [0, 0.1) is 0 Å². The van der Waals surface area contributed by atoms with Crippen molar-refractivity contribution < 1.29 is 19.1 Å². The molecule has 0 aromatic heterocycles. The van der Waals surface area contributed by atoms with E-state index in [2.05, 4.69) is 0 Å². The van der Waals surface area contributed by atoms with Crippen molar-refractivity contribution in [3.8, 4) is 0 Å². The summed E-state index contributed by atoms with van der Waals surface area (Å²) in [7, 11) is 2.83. The highest BCUT2D eigenvalue weighted by atomic mass is 31.2. The predicted octanol–water partition coefficient (Wildman–Crippen LogP) is 3.49. The molecular formula is C27H27O4P. The molecule has 0 bridgehead atoms. The molecule has 0 saturated carbocycles. The zero-order chi connectivity index (χ0) is 23.0. The lowest BCUT2D eigenvalue weighted by Gasteiger charge is -2.32. The molecule has 0 amide bonds. The third kappa shape index (κ3) is 4.67. The second kappa shape index (κ2) is 10.9. The van der Waals surface area contributed by atoms with Gasteiger partial charge in [0.25, 0.3) is 0 Å². The average molecular weight is 446 g/mol. The third-order valence-corrected chi connectivity index (χ3v) is 9.66. The summed E-state index contributed by atoms with van der Waals surface area (Å²) >= 11 is 0. The second-order valence-electron chi connectivity index (χ2n) is 7.16. The number of benzene rings is 3. The Bertz CT molecular complexity index is 1030. The van der Waals surface area contributed by atoms with Gasteiger partial charge in [0.2, 0.25) is 0 Å². The highest BCUT2D eigenvalue weighted by Crippen LogP contribution is 2.47. The van der Waals surface area contributed by atoms with Crippen LogP contribution in [-0.4, -0.2) is 37.4 Å². The molecule has 0 saturated heterocycles. The molecule has 0 aliphatic carbocycles. The quantitative estimate of drug-likeness (QED) is 0.302. The first-order valence-electron chi connectivity index (χ1n) is 10.3. The lowest BCUT2D eigenvalue weighted by Crippen LogP contribution is -2.36. The fraction of sp³-hybridized carbons (Fsp3) is 0.148. The van der Waals surface area contributed by atoms with Gasteiger partial charge in [0.1, 0.15) is 6.10 Å². The smallest absolute Gasteiger partial charge is 0.330 e. The van der Waals surface area contributed by atoms with Crippen LogP contribution in [0.15, 0.2) is 103 Å². The van der Waals surface area contributed by atoms with Crippen LogP contribution in [-0.2, 0) is 19.1 Å². The normalized spacial score (nSPS) is 12.3. The fourth-order valence-corrected chi connectivity index (χ4v) is 8.11. The van der Waals surface area contributed by atoms with E-state index in [1.54, 1.807) is 13.0 Å². The van der Waals surface area contributed by atoms with Gasteiger partial charge in [0, 0.05) is 18.5 Å². The lowest BCUT2D eigenvalue weighted by atomic mass is 10.2. The van der Waals surface area contributed by atoms with Crippen LogP contribution in [0.3, 0.4) is 0 Å². The Morgan fingerprint density at radius 1 is 0.719 bits per heavy atom. The van der Waals surface area contributed by atoms with Crippen LogP contribution in [0.2, 0.25) is 0 Å². The maximum atomic E-state index is 13.8. The number of carbonyl (C=O) groups is 2. The van der Waals surface area contributed by atoms with E-state index in [-0.39, 0.29) is 5.78 Å². The number of Topliss-reactive ketones (excluding diaryl/α,β-unsaturated/α-hetero) is 1. The van der Waals surface area contributed by atoms with Crippen LogP contribution in [0.4, 0.5) is 0 Å². The van der Waals surface area contributed by atoms with E-state index in [1.807, 2.05) is 91.0 Å². The molecule has 3 aromatic carbocycles. The van der Waals surface area contributed by atoms with Crippen LogP contribution >= 0.6 is 6.89 Å². The van der Waals surface area contributed by atoms with Crippen molar-refractivity contribution in [3.05, 3.63) is 103 Å². The van der Waals surface area contributed by atoms with Crippen molar-refractivity contribution in [2.24, 2.45) is 0 Å². The first kappa shape index (κ1) is 23.5. The highest BCUT2D eigenvalue weighted by molar-refractivity contribution is 7.96. The van der Waals surface area contributed by atoms with Crippen molar-refractivity contribution in [2.75, 3.05) is 14.2 Å². The molecule has 0 fully saturated rings. The molecule has 0 heterocycles. The summed E-state index contributed by atoms with van der Waals surface area (Å²) in [5, 5.41) is 3.57. The Kier molecular flexibility index (Phi) is 7.99. The van der Waals surface area contributed by atoms with Gasteiger partial charge in [-0.15, -0.1) is 0 Å². The molecule has 0 N–H and O–H groups in total. The van der Waals surface area contributed by atoms with Crippen LogP contribution in [0.1, 0.15) is 6.92 Å². The number of hydrogen-bond donors (Lipinski definition) is 0. The molecule has 3 aromatic rings. The van der Waals surface area contributed by atoms with Gasteiger partial charge in [-0.1, -0.05) is 91.0 Å². The van der Waals surface area contributed by atoms with E-state index >= 15 is 0 Å². The number of methoxy groups -OCH3 is 2. The number of ether oxygens (including phenoxy) is 2. The van der Waals surface area contributed by atoms with E-state index in [1.165, 1.54) is 20.3 Å². The predicted molar refractivity (Wildman–Crippen MR) is 133 cm³/mol. The van der Waals surface area contributed by atoms with Gasteiger partial charge in [-0.3, -0.25) is 4.79 Å². The van der Waals surface area contributed by atoms with E-state index in [0.717, 1.165) is 15.9 Å². The molecule has 164 valence electrons. The van der Waals surface area contributed by atoms with Crippen molar-refractivity contribution in [2.45, 2.75) is 13.0 Å². The van der Waals surface area contributed by atoms with Gasteiger partial charge in [0.05, 0.1) is 7.11 Å². The summed E-state index contributed by atoms with van der Waals surface area (Å²) < 4.78 is 10.3. The average Bonchev–Trinajstić information content (AvgIpc) is 2.87. The molecular weight excluding hydrogens is 419 g/mol. The molecule has 5 heteroatoms. The topological polar surface area (TPSA) is 52.6 Å². The summed E-state index contributed by atoms with van der Waals surface area (Å²) in [5.74, 6) is -0.690. The molecule has 32 heavy (non-hydrogen) atoms. The molecule has 0 radical (unpaired) electrons. The summed E-state index contributed by atoms with van der Waals surface area (Å²) in [5.41, 5.74) is 0. The summed E-state index contributed by atoms with van der Waals surface area (Å²) in [6.07, 6.45) is 2.26. The van der Waals surface area contributed by atoms with Crippen molar-refractivity contribution >= 4 is 39.8 Å². The largest absolute Gasteiger partial charge is 0.466 e. The number of ketones is 1. The summed E-state index contributed by atoms with van der Waals surface area (Å²) in [6.45, 7) is -0.935. The molecule has 3 rings (SSSR count). The monoisotopic (exact) mass is 446 g/mol. The molecule has 1 atom stereocenters. The van der Waals surface area contributed by atoms with Crippen LogP contribution in [0.25, 0.3) is 0 Å². The first-order chi connectivity index (χ1) is 15.6.